The van der Waals surface area contributed by atoms with Crippen molar-refractivity contribution in [3.63, 3.8) is 0 Å². The SMILES string of the molecule is NCCNC(=O)c1cc(-c2cn[nH]n2)cc(-c2cn[nH]n2)c1. The van der Waals surface area contributed by atoms with Gasteiger partial charge in [-0.1, -0.05) is 0 Å². The van der Waals surface area contributed by atoms with Crippen LogP contribution in [0.4, 0.5) is 0 Å². The van der Waals surface area contributed by atoms with Crippen molar-refractivity contribution in [1.82, 2.24) is 36.1 Å². The molecule has 1 amide bonds. The van der Waals surface area contributed by atoms with Crippen molar-refractivity contribution < 1.29 is 4.79 Å². The molecule has 0 saturated heterocycles. The Hall–Kier alpha value is -3.07. The van der Waals surface area contributed by atoms with E-state index in [1.165, 1.54) is 0 Å². The molecule has 1 aromatic carbocycles. The van der Waals surface area contributed by atoms with Gasteiger partial charge in [-0.15, -0.1) is 0 Å². The zero-order valence-corrected chi connectivity index (χ0v) is 11.6. The molecule has 112 valence electrons. The van der Waals surface area contributed by atoms with Crippen LogP contribution in [0.1, 0.15) is 10.4 Å². The predicted molar refractivity (Wildman–Crippen MR) is 78.6 cm³/mol. The molecule has 0 spiro atoms. The molecule has 0 unspecified atom stereocenters. The van der Waals surface area contributed by atoms with Gasteiger partial charge >= 0.3 is 0 Å². The fraction of sp³-hybridized carbons (Fsp3) is 0.154. The van der Waals surface area contributed by atoms with Crippen molar-refractivity contribution in [3.8, 4) is 22.5 Å². The van der Waals surface area contributed by atoms with Crippen LogP contribution in [0.5, 0.6) is 0 Å². The molecule has 0 fully saturated rings. The standard InChI is InChI=1S/C13H14N8O/c14-1-2-15-13(22)10-4-8(11-6-16-20-18-11)3-9(5-10)12-7-17-21-19-12/h3-7H,1-2,14H2,(H,15,22)(H,16,18,20)(H,17,19,21). The van der Waals surface area contributed by atoms with Crippen molar-refractivity contribution in [2.75, 3.05) is 13.1 Å². The van der Waals surface area contributed by atoms with Gasteiger partial charge in [0, 0.05) is 29.8 Å². The van der Waals surface area contributed by atoms with E-state index in [0.717, 1.165) is 11.1 Å². The second-order valence-electron chi connectivity index (χ2n) is 4.55. The summed E-state index contributed by atoms with van der Waals surface area (Å²) in [5, 5.41) is 23.5. The summed E-state index contributed by atoms with van der Waals surface area (Å²) in [7, 11) is 0. The van der Waals surface area contributed by atoms with Gasteiger partial charge in [0.25, 0.3) is 5.91 Å². The number of benzene rings is 1. The Bertz CT molecular complexity index is 698. The summed E-state index contributed by atoms with van der Waals surface area (Å²) in [5.41, 5.74) is 8.69. The average molecular weight is 298 g/mol. The largest absolute Gasteiger partial charge is 0.351 e. The number of nitrogens with two attached hydrogens (primary N) is 1. The van der Waals surface area contributed by atoms with Crippen molar-refractivity contribution in [3.05, 3.63) is 36.2 Å². The number of H-pyrrole nitrogens is 2. The maximum Gasteiger partial charge on any atom is 0.251 e. The van der Waals surface area contributed by atoms with Gasteiger partial charge in [0.05, 0.1) is 12.4 Å². The van der Waals surface area contributed by atoms with Gasteiger partial charge in [0.2, 0.25) is 0 Å². The molecule has 0 aliphatic rings. The second-order valence-corrected chi connectivity index (χ2v) is 4.55. The van der Waals surface area contributed by atoms with E-state index in [1.807, 2.05) is 6.07 Å². The fourth-order valence-electron chi connectivity index (χ4n) is 2.02. The molecule has 0 saturated carbocycles. The first-order valence-electron chi connectivity index (χ1n) is 6.63. The first-order valence-corrected chi connectivity index (χ1v) is 6.63. The second kappa shape index (κ2) is 6.14. The Kier molecular flexibility index (Phi) is 3.88. The molecule has 2 aromatic heterocycles. The summed E-state index contributed by atoms with van der Waals surface area (Å²) in [6.45, 7) is 0.789. The van der Waals surface area contributed by atoms with E-state index in [1.54, 1.807) is 24.5 Å². The fourth-order valence-corrected chi connectivity index (χ4v) is 2.02. The minimum atomic E-state index is -0.208. The van der Waals surface area contributed by atoms with Crippen molar-refractivity contribution in [1.29, 1.82) is 0 Å². The average Bonchev–Trinajstić information content (AvgIpc) is 3.24. The molecule has 9 nitrogen and oxygen atoms in total. The number of nitrogens with zero attached hydrogens (tertiary/aromatic N) is 4. The number of carbonyl (C=O) groups is 1. The molecular weight excluding hydrogens is 284 g/mol. The lowest BCUT2D eigenvalue weighted by molar-refractivity contribution is 0.0955. The number of rotatable bonds is 5. The Labute approximate surface area is 125 Å². The third kappa shape index (κ3) is 2.83. The van der Waals surface area contributed by atoms with Gasteiger partial charge < -0.3 is 11.1 Å². The highest BCUT2D eigenvalue weighted by molar-refractivity contribution is 5.96. The number of carbonyl (C=O) groups excluding carboxylic acids is 1. The summed E-state index contributed by atoms with van der Waals surface area (Å²) in [6.07, 6.45) is 3.17. The summed E-state index contributed by atoms with van der Waals surface area (Å²) >= 11 is 0. The number of amides is 1. The molecule has 22 heavy (non-hydrogen) atoms. The lowest BCUT2D eigenvalue weighted by Crippen LogP contribution is -2.29. The van der Waals surface area contributed by atoms with Crippen LogP contribution in [-0.4, -0.2) is 49.8 Å². The molecular formula is C13H14N8O. The van der Waals surface area contributed by atoms with Crippen molar-refractivity contribution in [2.45, 2.75) is 0 Å². The highest BCUT2D eigenvalue weighted by Gasteiger charge is 2.13. The van der Waals surface area contributed by atoms with Gasteiger partial charge in [-0.25, -0.2) is 0 Å². The van der Waals surface area contributed by atoms with Crippen molar-refractivity contribution in [2.24, 2.45) is 5.73 Å². The molecule has 2 heterocycles. The molecule has 9 heteroatoms. The smallest absolute Gasteiger partial charge is 0.251 e. The monoisotopic (exact) mass is 298 g/mol. The third-order valence-corrected chi connectivity index (χ3v) is 3.05. The van der Waals surface area contributed by atoms with E-state index in [9.17, 15) is 4.79 Å². The van der Waals surface area contributed by atoms with Gasteiger partial charge in [-0.2, -0.15) is 30.8 Å². The Morgan fingerprint density at radius 3 is 2.09 bits per heavy atom. The van der Waals surface area contributed by atoms with Crippen LogP contribution in [0, 0.1) is 0 Å². The number of hydrogen-bond acceptors (Lipinski definition) is 6. The summed E-state index contributed by atoms with van der Waals surface area (Å²) in [4.78, 5) is 12.2. The quantitative estimate of drug-likeness (QED) is 0.520. The molecule has 0 aliphatic carbocycles. The third-order valence-electron chi connectivity index (χ3n) is 3.05. The van der Waals surface area contributed by atoms with E-state index < -0.39 is 0 Å². The van der Waals surface area contributed by atoms with Crippen LogP contribution >= 0.6 is 0 Å². The predicted octanol–water partition coefficient (Wildman–Crippen LogP) is -0.0547. The molecule has 3 rings (SSSR count). The number of aromatic amines is 2. The minimum Gasteiger partial charge on any atom is -0.351 e. The molecule has 3 aromatic rings. The van der Waals surface area contributed by atoms with E-state index >= 15 is 0 Å². The lowest BCUT2D eigenvalue weighted by Gasteiger charge is -2.07. The van der Waals surface area contributed by atoms with Gasteiger partial charge in [0.1, 0.15) is 11.4 Å². The topological polar surface area (TPSA) is 138 Å². The Balaban J connectivity index is 2.04. The first-order chi connectivity index (χ1) is 10.8. The maximum absolute atomic E-state index is 12.2. The van der Waals surface area contributed by atoms with Crippen LogP contribution in [0.15, 0.2) is 30.6 Å². The highest BCUT2D eigenvalue weighted by Crippen LogP contribution is 2.25. The Morgan fingerprint density at radius 1 is 1.05 bits per heavy atom. The molecule has 0 radical (unpaired) electrons. The highest BCUT2D eigenvalue weighted by atomic mass is 16.1. The summed E-state index contributed by atoms with van der Waals surface area (Å²) < 4.78 is 0. The van der Waals surface area contributed by atoms with Gasteiger partial charge in [-0.05, 0) is 18.2 Å². The first kappa shape index (κ1) is 13.9. The van der Waals surface area contributed by atoms with Gasteiger partial charge in [0.15, 0.2) is 0 Å². The van der Waals surface area contributed by atoms with Crippen LogP contribution in [-0.2, 0) is 0 Å². The molecule has 0 atom stereocenters. The van der Waals surface area contributed by atoms with E-state index in [0.29, 0.717) is 30.0 Å². The van der Waals surface area contributed by atoms with Crippen LogP contribution in [0.25, 0.3) is 22.5 Å². The molecule has 5 N–H and O–H groups in total. The number of hydrogen-bond donors (Lipinski definition) is 4. The van der Waals surface area contributed by atoms with Crippen molar-refractivity contribution >= 4 is 5.91 Å². The zero-order chi connectivity index (χ0) is 15.4. The Morgan fingerprint density at radius 2 is 1.64 bits per heavy atom. The van der Waals surface area contributed by atoms with E-state index in [2.05, 4.69) is 36.1 Å². The molecule has 0 aliphatic heterocycles. The number of nitrogens with one attached hydrogen (secondary N) is 3. The van der Waals surface area contributed by atoms with Crippen LogP contribution in [0.2, 0.25) is 0 Å². The number of aromatic nitrogens is 6. The lowest BCUT2D eigenvalue weighted by atomic mass is 10.0. The van der Waals surface area contributed by atoms with Gasteiger partial charge in [-0.3, -0.25) is 4.79 Å². The van der Waals surface area contributed by atoms with Crippen LogP contribution in [0.3, 0.4) is 0 Å². The van der Waals surface area contributed by atoms with E-state index in [-0.39, 0.29) is 5.91 Å². The summed E-state index contributed by atoms with van der Waals surface area (Å²) in [5.74, 6) is -0.208. The minimum absolute atomic E-state index is 0.208. The summed E-state index contributed by atoms with van der Waals surface area (Å²) in [6, 6.07) is 5.36. The zero-order valence-electron chi connectivity index (χ0n) is 11.6. The molecule has 0 bridgehead atoms. The van der Waals surface area contributed by atoms with Crippen LogP contribution < -0.4 is 11.1 Å². The maximum atomic E-state index is 12.2. The normalized spacial score (nSPS) is 10.6. The van der Waals surface area contributed by atoms with E-state index in [4.69, 9.17) is 5.73 Å².